The lowest BCUT2D eigenvalue weighted by atomic mass is 10.0. The van der Waals surface area contributed by atoms with E-state index in [1.165, 1.54) is 5.56 Å². The lowest BCUT2D eigenvalue weighted by Crippen LogP contribution is -2.08. The van der Waals surface area contributed by atoms with Crippen LogP contribution in [0.3, 0.4) is 0 Å². The summed E-state index contributed by atoms with van der Waals surface area (Å²) in [7, 11) is 1.89. The van der Waals surface area contributed by atoms with E-state index in [9.17, 15) is 4.79 Å². The molecule has 0 aliphatic heterocycles. The highest BCUT2D eigenvalue weighted by Crippen LogP contribution is 2.31. The van der Waals surface area contributed by atoms with E-state index in [-0.39, 0.29) is 5.56 Å². The van der Waals surface area contributed by atoms with Crippen LogP contribution in [0.1, 0.15) is 5.56 Å². The number of aryl methyl sites for hydroxylation is 1. The van der Waals surface area contributed by atoms with Crippen molar-refractivity contribution in [3.63, 3.8) is 0 Å². The van der Waals surface area contributed by atoms with Crippen LogP contribution in [-0.2, 0) is 13.6 Å². The molecule has 6 nitrogen and oxygen atoms in total. The summed E-state index contributed by atoms with van der Waals surface area (Å²) < 4.78 is 1.77. The lowest BCUT2D eigenvalue weighted by Gasteiger charge is -2.12. The van der Waals surface area contributed by atoms with Crippen molar-refractivity contribution in [3.8, 4) is 11.1 Å². The molecular weight excluding hydrogens is 370 g/mol. The second-order valence-corrected chi connectivity index (χ2v) is 7.46. The van der Waals surface area contributed by atoms with E-state index in [4.69, 9.17) is 4.98 Å². The molecule has 0 saturated carbocycles. The number of hydrogen-bond acceptors (Lipinski definition) is 5. The van der Waals surface area contributed by atoms with Gasteiger partial charge in [-0.15, -0.1) is 0 Å². The average Bonchev–Trinajstić information content (AvgIpc) is 3.37. The lowest BCUT2D eigenvalue weighted by molar-refractivity contribution is 0.768. The maximum Gasteiger partial charge on any atom is 0.258 e. The molecule has 4 heterocycles. The first kappa shape index (κ1) is 16.7. The molecule has 2 N–H and O–H groups in total. The highest BCUT2D eigenvalue weighted by molar-refractivity contribution is 7.07. The van der Waals surface area contributed by atoms with Crippen molar-refractivity contribution in [2.45, 2.75) is 6.54 Å². The zero-order valence-corrected chi connectivity index (χ0v) is 16.0. The number of aromatic amines is 1. The highest BCUT2D eigenvalue weighted by Gasteiger charge is 2.13. The number of rotatable bonds is 4. The molecule has 7 heteroatoms. The van der Waals surface area contributed by atoms with E-state index in [0.29, 0.717) is 17.4 Å². The number of pyridine rings is 2. The maximum absolute atomic E-state index is 12.6. The minimum atomic E-state index is -0.136. The monoisotopic (exact) mass is 387 g/mol. The number of nitrogens with one attached hydrogen (secondary N) is 2. The molecular formula is C21H17N5OS. The van der Waals surface area contributed by atoms with Gasteiger partial charge in [0.1, 0.15) is 5.82 Å². The quantitative estimate of drug-likeness (QED) is 0.454. The van der Waals surface area contributed by atoms with Crippen molar-refractivity contribution in [1.29, 1.82) is 0 Å². The number of H-pyrrole nitrogens is 1. The van der Waals surface area contributed by atoms with E-state index < -0.39 is 0 Å². The van der Waals surface area contributed by atoms with Gasteiger partial charge in [0.15, 0.2) is 0 Å². The van der Waals surface area contributed by atoms with Gasteiger partial charge >= 0.3 is 0 Å². The summed E-state index contributed by atoms with van der Waals surface area (Å²) in [4.78, 5) is 20.1. The SMILES string of the molecule is Cn1cc(-c2ccc3c(NCc4ccsc4)nc4cc[nH]c(=O)c4c3c2)cn1. The van der Waals surface area contributed by atoms with Crippen molar-refractivity contribution < 1.29 is 0 Å². The van der Waals surface area contributed by atoms with Crippen LogP contribution in [0.15, 0.2) is 64.5 Å². The van der Waals surface area contributed by atoms with E-state index in [0.717, 1.165) is 27.7 Å². The van der Waals surface area contributed by atoms with Crippen molar-refractivity contribution >= 4 is 38.8 Å². The molecule has 0 aliphatic rings. The number of anilines is 1. The van der Waals surface area contributed by atoms with Crippen LogP contribution in [0.25, 0.3) is 32.8 Å². The Kier molecular flexibility index (Phi) is 3.95. The average molecular weight is 387 g/mol. The molecule has 5 rings (SSSR count). The molecule has 1 aromatic carbocycles. The van der Waals surface area contributed by atoms with Crippen LogP contribution in [0, 0.1) is 0 Å². The number of thiophene rings is 1. The third-order valence-corrected chi connectivity index (χ3v) is 5.53. The molecule has 4 aromatic heterocycles. The van der Waals surface area contributed by atoms with Crippen molar-refractivity contribution in [1.82, 2.24) is 19.7 Å². The first-order valence-electron chi connectivity index (χ1n) is 8.88. The fraction of sp³-hybridized carbons (Fsp3) is 0.0952. The predicted octanol–water partition coefficient (Wildman–Crippen LogP) is 4.15. The van der Waals surface area contributed by atoms with Crippen LogP contribution in [-0.4, -0.2) is 19.7 Å². The van der Waals surface area contributed by atoms with Crippen molar-refractivity contribution in [2.24, 2.45) is 7.05 Å². The van der Waals surface area contributed by atoms with Gasteiger partial charge in [-0.1, -0.05) is 12.1 Å². The smallest absolute Gasteiger partial charge is 0.258 e. The molecule has 138 valence electrons. The summed E-state index contributed by atoms with van der Waals surface area (Å²) >= 11 is 1.67. The number of nitrogens with zero attached hydrogens (tertiary/aromatic N) is 3. The topological polar surface area (TPSA) is 75.6 Å². The number of hydrogen-bond donors (Lipinski definition) is 2. The number of benzene rings is 1. The number of aromatic nitrogens is 4. The third-order valence-electron chi connectivity index (χ3n) is 4.79. The van der Waals surface area contributed by atoms with E-state index >= 15 is 0 Å². The second kappa shape index (κ2) is 6.61. The molecule has 0 aliphatic carbocycles. The van der Waals surface area contributed by atoms with Gasteiger partial charge in [-0.2, -0.15) is 16.4 Å². The summed E-state index contributed by atoms with van der Waals surface area (Å²) in [6.45, 7) is 0.685. The Bertz CT molecular complexity index is 1350. The van der Waals surface area contributed by atoms with Gasteiger partial charge in [0.25, 0.3) is 5.56 Å². The highest BCUT2D eigenvalue weighted by atomic mass is 32.1. The van der Waals surface area contributed by atoms with Crippen LogP contribution < -0.4 is 10.9 Å². The fourth-order valence-corrected chi connectivity index (χ4v) is 4.09. The largest absolute Gasteiger partial charge is 0.365 e. The van der Waals surface area contributed by atoms with Gasteiger partial charge < -0.3 is 10.3 Å². The second-order valence-electron chi connectivity index (χ2n) is 6.68. The van der Waals surface area contributed by atoms with Gasteiger partial charge in [0.2, 0.25) is 0 Å². The molecule has 0 radical (unpaired) electrons. The van der Waals surface area contributed by atoms with E-state index in [2.05, 4.69) is 32.2 Å². The normalized spacial score (nSPS) is 11.3. The maximum atomic E-state index is 12.6. The Labute approximate surface area is 164 Å². The first-order valence-corrected chi connectivity index (χ1v) is 9.82. The summed E-state index contributed by atoms with van der Waals surface area (Å²) in [5.74, 6) is 0.775. The summed E-state index contributed by atoms with van der Waals surface area (Å²) in [5, 5.41) is 14.3. The summed E-state index contributed by atoms with van der Waals surface area (Å²) in [5.41, 5.74) is 3.77. The van der Waals surface area contributed by atoms with Gasteiger partial charge in [0, 0.05) is 42.3 Å². The zero-order chi connectivity index (χ0) is 19.1. The Hall–Kier alpha value is -3.45. The molecule has 0 unspecified atom stereocenters. The predicted molar refractivity (Wildman–Crippen MR) is 114 cm³/mol. The van der Waals surface area contributed by atoms with Gasteiger partial charge in [0.05, 0.1) is 17.1 Å². The van der Waals surface area contributed by atoms with Crippen LogP contribution in [0.5, 0.6) is 0 Å². The number of fused-ring (bicyclic) bond motifs is 3. The Morgan fingerprint density at radius 1 is 1.18 bits per heavy atom. The molecule has 0 atom stereocenters. The molecule has 5 aromatic rings. The zero-order valence-electron chi connectivity index (χ0n) is 15.1. The molecule has 0 amide bonds. The molecule has 0 spiro atoms. The third kappa shape index (κ3) is 2.86. The standard InChI is InChI=1S/C21H17N5OS/c1-26-11-15(10-24-26)14-2-3-16-17(8-14)19-18(4-6-22-21(19)27)25-20(16)23-9-13-5-7-28-12-13/h2-8,10-12H,9H2,1H3,(H,22,27)(H,23,25). The van der Waals surface area contributed by atoms with E-state index in [1.54, 1.807) is 22.2 Å². The van der Waals surface area contributed by atoms with Gasteiger partial charge in [-0.25, -0.2) is 4.98 Å². The Morgan fingerprint density at radius 3 is 2.89 bits per heavy atom. The molecule has 28 heavy (non-hydrogen) atoms. The van der Waals surface area contributed by atoms with Crippen molar-refractivity contribution in [3.05, 3.63) is 75.6 Å². The Balaban J connectivity index is 1.72. The van der Waals surface area contributed by atoms with Crippen LogP contribution >= 0.6 is 11.3 Å². The summed E-state index contributed by atoms with van der Waals surface area (Å²) in [6, 6.07) is 10.0. The van der Waals surface area contributed by atoms with Gasteiger partial charge in [-0.05, 0) is 40.1 Å². The summed E-state index contributed by atoms with van der Waals surface area (Å²) in [6.07, 6.45) is 5.42. The molecule has 0 saturated heterocycles. The van der Waals surface area contributed by atoms with Gasteiger partial charge in [-0.3, -0.25) is 9.48 Å². The Morgan fingerprint density at radius 2 is 2.11 bits per heavy atom. The van der Waals surface area contributed by atoms with Crippen molar-refractivity contribution in [2.75, 3.05) is 5.32 Å². The minimum absolute atomic E-state index is 0.136. The minimum Gasteiger partial charge on any atom is -0.365 e. The van der Waals surface area contributed by atoms with E-state index in [1.807, 2.05) is 43.7 Å². The van der Waals surface area contributed by atoms with Crippen LogP contribution in [0.2, 0.25) is 0 Å². The molecule has 0 fully saturated rings. The van der Waals surface area contributed by atoms with Crippen LogP contribution in [0.4, 0.5) is 5.82 Å². The first-order chi connectivity index (χ1) is 13.7. The fourth-order valence-electron chi connectivity index (χ4n) is 3.42. The molecule has 0 bridgehead atoms.